The fourth-order valence-electron chi connectivity index (χ4n) is 2.92. The molecule has 0 amide bonds. The van der Waals surface area contributed by atoms with Gasteiger partial charge in [-0.3, -0.25) is 4.99 Å². The first-order valence-electron chi connectivity index (χ1n) is 8.02. The van der Waals surface area contributed by atoms with Gasteiger partial charge in [0.05, 0.1) is 6.04 Å². The van der Waals surface area contributed by atoms with Crippen LogP contribution in [0.4, 0.5) is 0 Å². The first-order valence-corrected chi connectivity index (χ1v) is 8.90. The van der Waals surface area contributed by atoms with Gasteiger partial charge < -0.3 is 0 Å². The van der Waals surface area contributed by atoms with Crippen LogP contribution in [0.2, 0.25) is 0 Å². The summed E-state index contributed by atoms with van der Waals surface area (Å²) >= 11 is 1.99. The van der Waals surface area contributed by atoms with Crippen LogP contribution in [0.3, 0.4) is 0 Å². The minimum atomic E-state index is 0.420. The lowest BCUT2D eigenvalue weighted by Crippen LogP contribution is -2.19. The monoisotopic (exact) mass is 297 g/mol. The van der Waals surface area contributed by atoms with E-state index in [9.17, 15) is 0 Å². The van der Waals surface area contributed by atoms with Gasteiger partial charge in [-0.1, -0.05) is 37.6 Å². The molecule has 1 nitrogen and oxygen atoms in total. The van der Waals surface area contributed by atoms with E-state index in [1.165, 1.54) is 48.1 Å². The molecule has 0 bridgehead atoms. The molecule has 0 N–H and O–H groups in total. The fraction of sp³-hybridized carbons (Fsp3) is 0.421. The highest BCUT2D eigenvalue weighted by atomic mass is 32.2. The number of benzene rings is 1. The average Bonchev–Trinajstić information content (AvgIpc) is 2.54. The largest absolute Gasteiger partial charge is 0.285 e. The Bertz CT molecular complexity index is 553. The van der Waals surface area contributed by atoms with Crippen molar-refractivity contribution in [1.82, 2.24) is 0 Å². The van der Waals surface area contributed by atoms with Crippen molar-refractivity contribution in [2.45, 2.75) is 55.2 Å². The van der Waals surface area contributed by atoms with E-state index in [0.29, 0.717) is 11.3 Å². The number of nitrogens with zero attached hydrogens (tertiary/aromatic N) is 1. The van der Waals surface area contributed by atoms with Crippen molar-refractivity contribution in [2.75, 3.05) is 0 Å². The van der Waals surface area contributed by atoms with Gasteiger partial charge in [-0.15, -0.1) is 11.8 Å². The van der Waals surface area contributed by atoms with Crippen LogP contribution in [-0.4, -0.2) is 17.5 Å². The maximum atomic E-state index is 4.54. The fourth-order valence-corrected chi connectivity index (χ4v) is 4.04. The molecule has 2 atom stereocenters. The second kappa shape index (κ2) is 7.13. The lowest BCUT2D eigenvalue weighted by atomic mass is 9.93. The highest BCUT2D eigenvalue weighted by Crippen LogP contribution is 2.34. The molecule has 0 saturated carbocycles. The Labute approximate surface area is 132 Å². The molecule has 0 spiro atoms. The van der Waals surface area contributed by atoms with Crippen LogP contribution in [0.25, 0.3) is 0 Å². The molecule has 1 aromatic carbocycles. The SMILES string of the molecule is CCCCc1ccc(SC2C=C3C=CC=NC3CC2)cc1. The first kappa shape index (κ1) is 14.6. The summed E-state index contributed by atoms with van der Waals surface area (Å²) in [6.45, 7) is 2.25. The zero-order valence-corrected chi connectivity index (χ0v) is 13.5. The van der Waals surface area contributed by atoms with E-state index in [-0.39, 0.29) is 0 Å². The second-order valence-corrected chi connectivity index (χ2v) is 7.13. The first-order chi connectivity index (χ1) is 10.3. The Morgan fingerprint density at radius 1 is 1.19 bits per heavy atom. The Morgan fingerprint density at radius 3 is 2.86 bits per heavy atom. The van der Waals surface area contributed by atoms with Gasteiger partial charge in [-0.25, -0.2) is 0 Å². The molecule has 2 heteroatoms. The molecule has 0 radical (unpaired) electrons. The molecule has 2 unspecified atom stereocenters. The predicted octanol–water partition coefficient (Wildman–Crippen LogP) is 5.22. The Kier molecular flexibility index (Phi) is 4.97. The van der Waals surface area contributed by atoms with E-state index in [2.05, 4.69) is 54.4 Å². The smallest absolute Gasteiger partial charge is 0.0746 e. The lowest BCUT2D eigenvalue weighted by molar-refractivity contribution is 0.634. The van der Waals surface area contributed by atoms with Gasteiger partial charge in [-0.05, 0) is 55.0 Å². The van der Waals surface area contributed by atoms with Gasteiger partial charge in [0.15, 0.2) is 0 Å². The number of hydrogen-bond acceptors (Lipinski definition) is 2. The third-order valence-corrected chi connectivity index (χ3v) is 5.38. The Hall–Kier alpha value is -1.28. The maximum Gasteiger partial charge on any atom is 0.0746 e. The Balaban J connectivity index is 1.62. The van der Waals surface area contributed by atoms with Crippen molar-refractivity contribution in [1.29, 1.82) is 0 Å². The number of unbranched alkanes of at least 4 members (excludes halogenated alkanes) is 1. The third-order valence-electron chi connectivity index (χ3n) is 4.16. The highest BCUT2D eigenvalue weighted by Gasteiger charge is 2.22. The van der Waals surface area contributed by atoms with E-state index in [1.54, 1.807) is 0 Å². The Morgan fingerprint density at radius 2 is 2.05 bits per heavy atom. The molecule has 110 valence electrons. The number of hydrogen-bond donors (Lipinski definition) is 0. The standard InChI is InChI=1S/C19H23NS/c1-2-3-5-15-7-9-17(10-8-15)21-18-11-12-19-16(14-18)6-4-13-20-19/h4,6-10,13-14,18-19H,2-3,5,11-12H2,1H3. The summed E-state index contributed by atoms with van der Waals surface area (Å²) in [7, 11) is 0. The zero-order chi connectivity index (χ0) is 14.5. The summed E-state index contributed by atoms with van der Waals surface area (Å²) < 4.78 is 0. The van der Waals surface area contributed by atoms with Crippen molar-refractivity contribution in [3.05, 3.63) is 53.6 Å². The van der Waals surface area contributed by atoms with Crippen LogP contribution in [-0.2, 0) is 6.42 Å². The number of allylic oxidation sites excluding steroid dienone is 1. The molecule has 1 aliphatic carbocycles. The number of fused-ring (bicyclic) bond motifs is 1. The number of aliphatic imine (C=N–C) groups is 1. The highest BCUT2D eigenvalue weighted by molar-refractivity contribution is 8.00. The minimum Gasteiger partial charge on any atom is -0.285 e. The van der Waals surface area contributed by atoms with Gasteiger partial charge in [0.2, 0.25) is 0 Å². The molecule has 0 aromatic heterocycles. The number of rotatable bonds is 5. The summed E-state index contributed by atoms with van der Waals surface area (Å²) in [6.07, 6.45) is 14.8. The van der Waals surface area contributed by atoms with E-state index in [4.69, 9.17) is 0 Å². The molecule has 1 heterocycles. The minimum absolute atomic E-state index is 0.420. The average molecular weight is 297 g/mol. The summed E-state index contributed by atoms with van der Waals surface area (Å²) in [6, 6.07) is 9.58. The van der Waals surface area contributed by atoms with E-state index in [0.717, 1.165) is 0 Å². The second-order valence-electron chi connectivity index (χ2n) is 5.82. The molecule has 0 saturated heterocycles. The summed E-state index contributed by atoms with van der Waals surface area (Å²) in [5, 5.41) is 0.593. The lowest BCUT2D eigenvalue weighted by Gasteiger charge is -2.26. The number of dihydropyridines is 1. The molecule has 3 rings (SSSR count). The van der Waals surface area contributed by atoms with E-state index < -0.39 is 0 Å². The maximum absolute atomic E-state index is 4.54. The van der Waals surface area contributed by atoms with Crippen molar-refractivity contribution < 1.29 is 0 Å². The van der Waals surface area contributed by atoms with Crippen LogP contribution >= 0.6 is 11.8 Å². The van der Waals surface area contributed by atoms with Gasteiger partial charge in [0, 0.05) is 16.4 Å². The van der Waals surface area contributed by atoms with Crippen LogP contribution in [0, 0.1) is 0 Å². The van der Waals surface area contributed by atoms with E-state index in [1.807, 2.05) is 18.0 Å². The van der Waals surface area contributed by atoms with Crippen molar-refractivity contribution in [3.8, 4) is 0 Å². The molecule has 1 aliphatic heterocycles. The molecular weight excluding hydrogens is 274 g/mol. The van der Waals surface area contributed by atoms with Crippen LogP contribution in [0.15, 0.2) is 58.0 Å². The molecule has 2 aliphatic rings. The molecule has 1 aromatic rings. The van der Waals surface area contributed by atoms with Crippen molar-refractivity contribution >= 4 is 18.0 Å². The summed E-state index contributed by atoms with van der Waals surface area (Å²) in [4.78, 5) is 5.93. The number of aryl methyl sites for hydroxylation is 1. The quantitative estimate of drug-likeness (QED) is 0.726. The van der Waals surface area contributed by atoms with Gasteiger partial charge in [0.1, 0.15) is 0 Å². The predicted molar refractivity (Wildman–Crippen MR) is 93.4 cm³/mol. The molecule has 21 heavy (non-hydrogen) atoms. The van der Waals surface area contributed by atoms with Gasteiger partial charge in [0.25, 0.3) is 0 Å². The van der Waals surface area contributed by atoms with Crippen molar-refractivity contribution in [2.24, 2.45) is 4.99 Å². The van der Waals surface area contributed by atoms with E-state index >= 15 is 0 Å². The van der Waals surface area contributed by atoms with Crippen LogP contribution in [0.5, 0.6) is 0 Å². The topological polar surface area (TPSA) is 12.4 Å². The summed E-state index contributed by atoms with van der Waals surface area (Å²) in [5.41, 5.74) is 2.87. The molecular formula is C19H23NS. The van der Waals surface area contributed by atoms with Crippen LogP contribution in [0.1, 0.15) is 38.2 Å². The van der Waals surface area contributed by atoms with Crippen molar-refractivity contribution in [3.63, 3.8) is 0 Å². The van der Waals surface area contributed by atoms with Gasteiger partial charge in [-0.2, -0.15) is 0 Å². The zero-order valence-electron chi connectivity index (χ0n) is 12.7. The number of thioether (sulfide) groups is 1. The van der Waals surface area contributed by atoms with Crippen LogP contribution < -0.4 is 0 Å². The molecule has 0 fully saturated rings. The summed E-state index contributed by atoms with van der Waals surface area (Å²) in [5.74, 6) is 0. The van der Waals surface area contributed by atoms with Gasteiger partial charge >= 0.3 is 0 Å². The normalized spacial score (nSPS) is 23.8. The third kappa shape index (κ3) is 3.88.